The zero-order valence-corrected chi connectivity index (χ0v) is 15.9. The number of amides is 1. The van der Waals surface area contributed by atoms with E-state index in [2.05, 4.69) is 15.3 Å². The van der Waals surface area contributed by atoms with Crippen molar-refractivity contribution in [2.24, 2.45) is 0 Å². The molecule has 0 radical (unpaired) electrons. The van der Waals surface area contributed by atoms with Crippen molar-refractivity contribution in [1.29, 1.82) is 0 Å². The number of benzene rings is 2. The first-order chi connectivity index (χ1) is 14.1. The number of anilines is 1. The lowest BCUT2D eigenvalue weighted by Gasteiger charge is -2.10. The molecule has 0 aliphatic rings. The van der Waals surface area contributed by atoms with Gasteiger partial charge >= 0.3 is 0 Å². The molecule has 0 saturated heterocycles. The van der Waals surface area contributed by atoms with Crippen molar-refractivity contribution in [2.75, 3.05) is 5.32 Å². The van der Waals surface area contributed by atoms with Gasteiger partial charge in [-0.25, -0.2) is 9.97 Å². The number of ketones is 1. The summed E-state index contributed by atoms with van der Waals surface area (Å²) in [6.45, 7) is 0. The van der Waals surface area contributed by atoms with Crippen molar-refractivity contribution in [1.82, 2.24) is 14.5 Å². The fraction of sp³-hybridized carbons (Fsp3) is 0. The number of aromatic nitrogens is 3. The number of hydrogen-bond donors (Lipinski definition) is 1. The maximum absolute atomic E-state index is 12.9. The van der Waals surface area contributed by atoms with Crippen molar-refractivity contribution in [3.63, 3.8) is 0 Å². The van der Waals surface area contributed by atoms with Crippen LogP contribution in [-0.2, 0) is 0 Å². The van der Waals surface area contributed by atoms with Crippen LogP contribution in [0, 0.1) is 0 Å². The maximum atomic E-state index is 12.9. The Bertz CT molecular complexity index is 1150. The Morgan fingerprint density at radius 1 is 0.931 bits per heavy atom. The molecule has 0 aliphatic heterocycles. The largest absolute Gasteiger partial charge is 0.321 e. The van der Waals surface area contributed by atoms with Crippen molar-refractivity contribution in [3.8, 4) is 5.82 Å². The summed E-state index contributed by atoms with van der Waals surface area (Å²) in [7, 11) is 0. The van der Waals surface area contributed by atoms with E-state index >= 15 is 0 Å². The fourth-order valence-electron chi connectivity index (χ4n) is 2.84. The zero-order chi connectivity index (χ0) is 20.2. The molecule has 6 nitrogen and oxygen atoms in total. The van der Waals surface area contributed by atoms with Gasteiger partial charge in [0, 0.05) is 28.5 Å². The highest BCUT2D eigenvalue weighted by Gasteiger charge is 2.18. The van der Waals surface area contributed by atoms with Crippen LogP contribution >= 0.6 is 11.6 Å². The van der Waals surface area contributed by atoms with E-state index in [9.17, 15) is 9.59 Å². The molecule has 0 spiro atoms. The second-order valence-corrected chi connectivity index (χ2v) is 6.65. The molecule has 0 atom stereocenters. The van der Waals surface area contributed by atoms with Gasteiger partial charge in [0.05, 0.1) is 17.4 Å². The minimum Gasteiger partial charge on any atom is -0.321 e. The third kappa shape index (κ3) is 4.07. The van der Waals surface area contributed by atoms with E-state index in [-0.39, 0.29) is 17.3 Å². The highest BCUT2D eigenvalue weighted by molar-refractivity contribution is 6.30. The molecule has 0 fully saturated rings. The first kappa shape index (κ1) is 18.6. The van der Waals surface area contributed by atoms with Crippen molar-refractivity contribution in [3.05, 3.63) is 107 Å². The van der Waals surface area contributed by atoms with Gasteiger partial charge in [-0.3, -0.25) is 14.2 Å². The van der Waals surface area contributed by atoms with E-state index in [1.165, 1.54) is 0 Å². The van der Waals surface area contributed by atoms with Crippen LogP contribution in [0.4, 0.5) is 5.69 Å². The number of imidazole rings is 1. The molecule has 0 saturated carbocycles. The highest BCUT2D eigenvalue weighted by Crippen LogP contribution is 2.19. The summed E-state index contributed by atoms with van der Waals surface area (Å²) in [5.74, 6) is 0.0416. The van der Waals surface area contributed by atoms with E-state index in [0.29, 0.717) is 27.7 Å². The molecular formula is C22H15ClN4O2. The van der Waals surface area contributed by atoms with E-state index in [1.54, 1.807) is 90.1 Å². The molecule has 142 valence electrons. The summed E-state index contributed by atoms with van der Waals surface area (Å²) in [6.07, 6.45) is 6.63. The van der Waals surface area contributed by atoms with E-state index < -0.39 is 0 Å². The van der Waals surface area contributed by atoms with Gasteiger partial charge in [-0.15, -0.1) is 0 Å². The van der Waals surface area contributed by atoms with E-state index in [4.69, 9.17) is 11.6 Å². The third-order valence-electron chi connectivity index (χ3n) is 4.30. The van der Waals surface area contributed by atoms with Gasteiger partial charge in [-0.05, 0) is 42.5 Å². The molecule has 1 amide bonds. The van der Waals surface area contributed by atoms with Crippen LogP contribution in [-0.4, -0.2) is 26.2 Å². The average molecular weight is 403 g/mol. The van der Waals surface area contributed by atoms with E-state index in [0.717, 1.165) is 0 Å². The SMILES string of the molecule is O=C(Nc1ccc(-n2ccnc2)nc1)c1ccccc1C(=O)c1ccc(Cl)cc1. The molecule has 2 heterocycles. The van der Waals surface area contributed by atoms with Crippen molar-refractivity contribution >= 4 is 29.0 Å². The number of pyridine rings is 1. The summed E-state index contributed by atoms with van der Waals surface area (Å²) in [5.41, 5.74) is 1.58. The molecule has 0 aliphatic carbocycles. The van der Waals surface area contributed by atoms with Crippen LogP contribution in [0.3, 0.4) is 0 Å². The van der Waals surface area contributed by atoms with Crippen LogP contribution < -0.4 is 5.32 Å². The number of nitrogens with zero attached hydrogens (tertiary/aromatic N) is 3. The fourth-order valence-corrected chi connectivity index (χ4v) is 2.97. The van der Waals surface area contributed by atoms with Gasteiger partial charge in [0.2, 0.25) is 0 Å². The number of hydrogen-bond acceptors (Lipinski definition) is 4. The molecule has 2 aromatic heterocycles. The minimum atomic E-state index is -0.389. The van der Waals surface area contributed by atoms with Gasteiger partial charge in [0.25, 0.3) is 5.91 Å². The Kier molecular flexibility index (Phi) is 5.18. The number of carbonyl (C=O) groups excluding carboxylic acids is 2. The molecule has 4 aromatic rings. The number of halogens is 1. The minimum absolute atomic E-state index is 0.249. The predicted molar refractivity (Wildman–Crippen MR) is 111 cm³/mol. The average Bonchev–Trinajstić information content (AvgIpc) is 3.29. The molecule has 1 N–H and O–H groups in total. The lowest BCUT2D eigenvalue weighted by molar-refractivity contribution is 0.0996. The van der Waals surface area contributed by atoms with Crippen molar-refractivity contribution < 1.29 is 9.59 Å². The third-order valence-corrected chi connectivity index (χ3v) is 4.55. The van der Waals surface area contributed by atoms with Gasteiger partial charge in [0.1, 0.15) is 12.1 Å². The number of nitrogens with one attached hydrogen (secondary N) is 1. The second-order valence-electron chi connectivity index (χ2n) is 6.21. The van der Waals surface area contributed by atoms with Crippen LogP contribution in [0.2, 0.25) is 5.02 Å². The Balaban J connectivity index is 1.56. The standard InChI is InChI=1S/C22H15ClN4O2/c23-16-7-5-15(6-8-16)21(28)18-3-1-2-4-19(18)22(29)26-17-9-10-20(25-13-17)27-12-11-24-14-27/h1-14H,(H,26,29). The van der Waals surface area contributed by atoms with E-state index in [1.807, 2.05) is 0 Å². The molecule has 29 heavy (non-hydrogen) atoms. The molecule has 0 unspecified atom stereocenters. The monoisotopic (exact) mass is 402 g/mol. The quantitative estimate of drug-likeness (QED) is 0.502. The summed E-state index contributed by atoms with van der Waals surface area (Å²) >= 11 is 5.89. The highest BCUT2D eigenvalue weighted by atomic mass is 35.5. The molecular weight excluding hydrogens is 388 g/mol. The second kappa shape index (κ2) is 8.08. The van der Waals surface area contributed by atoms with Crippen LogP contribution in [0.1, 0.15) is 26.3 Å². The number of carbonyl (C=O) groups is 2. The Hall–Kier alpha value is -3.77. The zero-order valence-electron chi connectivity index (χ0n) is 15.1. The lowest BCUT2D eigenvalue weighted by Crippen LogP contribution is -2.17. The molecule has 0 bridgehead atoms. The Morgan fingerprint density at radius 3 is 2.34 bits per heavy atom. The first-order valence-corrected chi connectivity index (χ1v) is 9.14. The topological polar surface area (TPSA) is 76.9 Å². The van der Waals surface area contributed by atoms with Crippen LogP contribution in [0.5, 0.6) is 0 Å². The Morgan fingerprint density at radius 2 is 1.69 bits per heavy atom. The van der Waals surface area contributed by atoms with Crippen molar-refractivity contribution in [2.45, 2.75) is 0 Å². The van der Waals surface area contributed by atoms with Gasteiger partial charge in [-0.2, -0.15) is 0 Å². The smallest absolute Gasteiger partial charge is 0.256 e. The van der Waals surface area contributed by atoms with Crippen LogP contribution in [0.25, 0.3) is 5.82 Å². The number of rotatable bonds is 5. The predicted octanol–water partition coefficient (Wildman–Crippen LogP) is 4.40. The normalized spacial score (nSPS) is 10.5. The molecule has 7 heteroatoms. The molecule has 4 rings (SSSR count). The summed E-state index contributed by atoms with van der Waals surface area (Å²) in [6, 6.07) is 16.8. The Labute approximate surface area is 171 Å². The lowest BCUT2D eigenvalue weighted by atomic mass is 9.98. The maximum Gasteiger partial charge on any atom is 0.256 e. The summed E-state index contributed by atoms with van der Waals surface area (Å²) in [4.78, 5) is 34.0. The first-order valence-electron chi connectivity index (χ1n) is 8.77. The summed E-state index contributed by atoms with van der Waals surface area (Å²) in [5, 5.41) is 3.33. The molecule has 2 aromatic carbocycles. The summed E-state index contributed by atoms with van der Waals surface area (Å²) < 4.78 is 1.76. The van der Waals surface area contributed by atoms with Gasteiger partial charge in [-0.1, -0.05) is 29.8 Å². The van der Waals surface area contributed by atoms with Gasteiger partial charge < -0.3 is 5.32 Å². The van der Waals surface area contributed by atoms with Gasteiger partial charge in [0.15, 0.2) is 5.78 Å². The van der Waals surface area contributed by atoms with Crippen LogP contribution in [0.15, 0.2) is 85.6 Å².